The number of ether oxygens (including phenoxy) is 3. The van der Waals surface area contributed by atoms with Crippen LogP contribution in [0.2, 0.25) is 0 Å². The van der Waals surface area contributed by atoms with E-state index in [9.17, 15) is 27.6 Å². The number of aromatic nitrogens is 2. The maximum Gasteiger partial charge on any atom is 0.264 e. The Morgan fingerprint density at radius 1 is 0.857 bits per heavy atom. The van der Waals surface area contributed by atoms with Gasteiger partial charge in [0, 0.05) is 49.9 Å². The van der Waals surface area contributed by atoms with Crippen molar-refractivity contribution in [1.29, 1.82) is 0 Å². The van der Waals surface area contributed by atoms with Gasteiger partial charge >= 0.3 is 0 Å². The Bertz CT molecular complexity index is 2190. The molecule has 2 aliphatic rings. The van der Waals surface area contributed by atoms with Gasteiger partial charge in [0.25, 0.3) is 11.8 Å². The number of piperidine rings is 1. The van der Waals surface area contributed by atoms with Crippen LogP contribution in [0.15, 0.2) is 79.0 Å². The van der Waals surface area contributed by atoms with Gasteiger partial charge in [0.1, 0.15) is 24.1 Å². The fraction of sp³-hybridized carbons (Fsp3) is 0.350. The maximum absolute atomic E-state index is 13.3. The van der Waals surface area contributed by atoms with Gasteiger partial charge in [0.2, 0.25) is 27.8 Å². The Balaban J connectivity index is 0.885. The minimum absolute atomic E-state index is 0.00646. The van der Waals surface area contributed by atoms with Crippen molar-refractivity contribution in [3.8, 4) is 11.5 Å². The molecule has 56 heavy (non-hydrogen) atoms. The highest BCUT2D eigenvalue weighted by atomic mass is 32.2. The van der Waals surface area contributed by atoms with Crippen LogP contribution >= 0.6 is 0 Å². The molecule has 0 radical (unpaired) electrons. The highest BCUT2D eigenvalue weighted by molar-refractivity contribution is 7.92. The van der Waals surface area contributed by atoms with Crippen LogP contribution in [0.25, 0.3) is 0 Å². The Kier molecular flexibility index (Phi) is 12.3. The average molecular weight is 785 g/mol. The van der Waals surface area contributed by atoms with Crippen LogP contribution in [0.1, 0.15) is 77.1 Å². The molecule has 4 amide bonds. The number of hydrogen-bond acceptors (Lipinski definition) is 12. The number of anilines is 2. The molecule has 6 rings (SSSR count). The minimum Gasteiger partial charge on any atom is -0.494 e. The summed E-state index contributed by atoms with van der Waals surface area (Å²) >= 11 is 0. The third kappa shape index (κ3) is 9.67. The highest BCUT2D eigenvalue weighted by Gasteiger charge is 2.45. The molecule has 1 atom stereocenters. The van der Waals surface area contributed by atoms with Crippen LogP contribution in [0.3, 0.4) is 0 Å². The van der Waals surface area contributed by atoms with E-state index in [0.717, 1.165) is 28.0 Å². The van der Waals surface area contributed by atoms with Crippen LogP contribution in [-0.4, -0.2) is 85.6 Å². The first kappa shape index (κ1) is 39.8. The second-order valence-corrected chi connectivity index (χ2v) is 15.7. The van der Waals surface area contributed by atoms with Crippen molar-refractivity contribution in [2.24, 2.45) is 0 Å². The molecule has 1 unspecified atom stereocenters. The van der Waals surface area contributed by atoms with E-state index < -0.39 is 39.7 Å². The number of benzene rings is 3. The molecule has 0 bridgehead atoms. The fourth-order valence-corrected chi connectivity index (χ4v) is 6.89. The Labute approximate surface area is 325 Å². The van der Waals surface area contributed by atoms with E-state index in [0.29, 0.717) is 56.3 Å². The van der Waals surface area contributed by atoms with Gasteiger partial charge in [-0.25, -0.2) is 18.4 Å². The lowest BCUT2D eigenvalue weighted by molar-refractivity contribution is -0.136. The van der Waals surface area contributed by atoms with Gasteiger partial charge in [0.05, 0.1) is 29.7 Å². The lowest BCUT2D eigenvalue weighted by Crippen LogP contribution is -2.54. The zero-order valence-corrected chi connectivity index (χ0v) is 32.2. The molecule has 0 aliphatic carbocycles. The zero-order chi connectivity index (χ0) is 39.9. The molecule has 1 aromatic heterocycles. The molecule has 16 heteroatoms. The number of rotatable bonds is 18. The fourth-order valence-electron chi connectivity index (χ4n) is 6.46. The maximum atomic E-state index is 13.3. The van der Waals surface area contributed by atoms with Crippen molar-refractivity contribution in [2.75, 3.05) is 42.7 Å². The molecule has 2 aliphatic heterocycles. The predicted molar refractivity (Wildman–Crippen MR) is 207 cm³/mol. The number of carbonyl (C=O) groups is 4. The first-order valence-corrected chi connectivity index (χ1v) is 20.1. The first-order chi connectivity index (χ1) is 26.8. The summed E-state index contributed by atoms with van der Waals surface area (Å²) in [7, 11) is -3.48. The molecule has 15 nitrogen and oxygen atoms in total. The van der Waals surface area contributed by atoms with E-state index in [-0.39, 0.29) is 41.9 Å². The van der Waals surface area contributed by atoms with E-state index in [2.05, 4.69) is 51.3 Å². The summed E-state index contributed by atoms with van der Waals surface area (Å²) in [5, 5.41) is 5.43. The van der Waals surface area contributed by atoms with Crippen LogP contribution in [0.4, 0.5) is 11.6 Å². The summed E-state index contributed by atoms with van der Waals surface area (Å²) in [6, 6.07) is 21.5. The van der Waals surface area contributed by atoms with Gasteiger partial charge in [0.15, 0.2) is 0 Å². The van der Waals surface area contributed by atoms with Gasteiger partial charge < -0.3 is 19.5 Å². The summed E-state index contributed by atoms with van der Waals surface area (Å²) in [5.74, 6) is -0.731. The minimum atomic E-state index is -3.48. The summed E-state index contributed by atoms with van der Waals surface area (Å²) in [4.78, 5) is 59.3. The molecule has 3 N–H and O–H groups in total. The number of nitrogens with one attached hydrogen (secondary N) is 3. The molecular weight excluding hydrogens is 741 g/mol. The molecule has 4 aromatic rings. The summed E-state index contributed by atoms with van der Waals surface area (Å²) in [6.45, 7) is 6.44. The van der Waals surface area contributed by atoms with Crippen molar-refractivity contribution in [2.45, 2.75) is 57.6 Å². The van der Waals surface area contributed by atoms with Crippen molar-refractivity contribution in [3.05, 3.63) is 107 Å². The number of nitrogens with zero attached hydrogens (tertiary/aromatic N) is 3. The molecule has 0 spiro atoms. The number of amides is 4. The largest absolute Gasteiger partial charge is 0.494 e. The lowest BCUT2D eigenvalue weighted by atomic mass is 9.78. The molecule has 3 heterocycles. The lowest BCUT2D eigenvalue weighted by Gasteiger charge is -2.27. The normalized spacial score (nSPS) is 15.7. The molecule has 1 fully saturated rings. The monoisotopic (exact) mass is 784 g/mol. The van der Waals surface area contributed by atoms with E-state index >= 15 is 0 Å². The predicted octanol–water partition coefficient (Wildman–Crippen LogP) is 4.44. The highest BCUT2D eigenvalue weighted by Crippen LogP contribution is 2.34. The van der Waals surface area contributed by atoms with E-state index in [1.807, 2.05) is 36.4 Å². The van der Waals surface area contributed by atoms with Gasteiger partial charge in [-0.3, -0.25) is 34.1 Å². The molecule has 294 valence electrons. The molecule has 0 saturated carbocycles. The summed E-state index contributed by atoms with van der Waals surface area (Å²) in [5.41, 5.74) is 3.44. The van der Waals surface area contributed by atoms with Crippen molar-refractivity contribution >= 4 is 45.3 Å². The zero-order valence-electron chi connectivity index (χ0n) is 31.4. The van der Waals surface area contributed by atoms with Gasteiger partial charge in [-0.1, -0.05) is 44.2 Å². The first-order valence-electron chi connectivity index (χ1n) is 18.2. The van der Waals surface area contributed by atoms with Gasteiger partial charge in [-0.2, -0.15) is 0 Å². The van der Waals surface area contributed by atoms with Crippen LogP contribution in [-0.2, 0) is 36.4 Å². The molecule has 3 aromatic carbocycles. The Morgan fingerprint density at radius 2 is 1.54 bits per heavy atom. The van der Waals surface area contributed by atoms with E-state index in [4.69, 9.17) is 14.2 Å². The number of sulfonamides is 1. The van der Waals surface area contributed by atoms with Crippen LogP contribution in [0, 0.1) is 0 Å². The second-order valence-electron chi connectivity index (χ2n) is 14.0. The number of fused-ring (bicyclic) bond motifs is 1. The van der Waals surface area contributed by atoms with Gasteiger partial charge in [-0.05, 0) is 66.4 Å². The SMILES string of the molecule is CC(C)(c1ccc(OCCCOCCCNc2cccc3c2C(=O)N(C2CCC(=O)NC2=O)C3=O)cc1)c1ccc(OCc2ccnc(NS(C)(=O)=O)n2)cc1. The number of carbonyl (C=O) groups excluding carboxylic acids is 4. The van der Waals surface area contributed by atoms with Crippen LogP contribution < -0.4 is 24.8 Å². The van der Waals surface area contributed by atoms with Crippen molar-refractivity contribution < 1.29 is 41.8 Å². The quantitative estimate of drug-likeness (QED) is 0.0950. The molecular formula is C40H44N6O9S. The van der Waals surface area contributed by atoms with E-state index in [1.54, 1.807) is 24.3 Å². The Morgan fingerprint density at radius 3 is 2.21 bits per heavy atom. The summed E-state index contributed by atoms with van der Waals surface area (Å²) < 4.78 is 42.8. The van der Waals surface area contributed by atoms with Gasteiger partial charge in [-0.15, -0.1) is 0 Å². The topological polar surface area (TPSA) is 195 Å². The standard InChI is InChI=1S/C40H44N6O9S/c1-40(2,27-11-15-30(16-12-27)55-25-28-19-21-42-39(43-28)45-56(3,51)52)26-9-13-29(14-10-26)54-24-6-23-53-22-5-20-41-32-8-4-7-31-35(32)38(50)46(37(31)49)33-17-18-34(47)44-36(33)48/h4,7-16,19,21,33,41H,5-6,17-18,20,22-25H2,1-3H3,(H,42,43,45)(H,44,47,48). The number of hydrogen-bond donors (Lipinski definition) is 3. The third-order valence-electron chi connectivity index (χ3n) is 9.48. The summed E-state index contributed by atoms with van der Waals surface area (Å²) in [6.07, 6.45) is 4.04. The smallest absolute Gasteiger partial charge is 0.264 e. The van der Waals surface area contributed by atoms with Crippen molar-refractivity contribution in [3.63, 3.8) is 0 Å². The second kappa shape index (κ2) is 17.3. The Hall–Kier alpha value is -5.87. The van der Waals surface area contributed by atoms with Crippen molar-refractivity contribution in [1.82, 2.24) is 20.2 Å². The average Bonchev–Trinajstić information content (AvgIpc) is 3.42. The van der Waals surface area contributed by atoms with E-state index in [1.165, 1.54) is 6.20 Å². The third-order valence-corrected chi connectivity index (χ3v) is 10.0. The molecule has 1 saturated heterocycles. The van der Waals surface area contributed by atoms with Crippen LogP contribution in [0.5, 0.6) is 11.5 Å². The number of imide groups is 2.